The van der Waals surface area contributed by atoms with Crippen molar-refractivity contribution in [2.24, 2.45) is 11.8 Å². The molecule has 1 saturated heterocycles. The van der Waals surface area contributed by atoms with E-state index in [2.05, 4.69) is 29.6 Å². The van der Waals surface area contributed by atoms with Crippen molar-refractivity contribution in [3.63, 3.8) is 0 Å². The Morgan fingerprint density at radius 2 is 1.27 bits per heavy atom. The zero-order chi connectivity index (χ0) is 28.2. The molecular weight excluding hydrogens is 516 g/mol. The Bertz CT molecular complexity index is 1630. The maximum Gasteiger partial charge on any atom is 0.338 e. The Morgan fingerprint density at radius 1 is 0.732 bits per heavy atom. The lowest BCUT2D eigenvalue weighted by Crippen LogP contribution is -2.41. The third kappa shape index (κ3) is 3.96. The number of ether oxygens (including phenoxy) is 1. The zero-order valence-electron chi connectivity index (χ0n) is 22.2. The van der Waals surface area contributed by atoms with Gasteiger partial charge in [0.25, 0.3) is 5.91 Å². The number of hydrogen-bond donors (Lipinski definition) is 1. The number of esters is 1. The van der Waals surface area contributed by atoms with Crippen molar-refractivity contribution in [3.8, 4) is 0 Å². The molecule has 0 radical (unpaired) electrons. The third-order valence-corrected chi connectivity index (χ3v) is 8.46. The monoisotopic (exact) mass is 542 g/mol. The molecule has 1 aliphatic heterocycles. The molecule has 0 unspecified atom stereocenters. The van der Waals surface area contributed by atoms with Crippen LogP contribution in [-0.4, -0.2) is 30.3 Å². The van der Waals surface area contributed by atoms with Crippen LogP contribution in [-0.2, 0) is 19.1 Å². The third-order valence-electron chi connectivity index (χ3n) is 8.46. The van der Waals surface area contributed by atoms with Gasteiger partial charge in [0.2, 0.25) is 11.8 Å². The molecule has 0 saturated carbocycles. The van der Waals surface area contributed by atoms with Crippen molar-refractivity contribution in [2.45, 2.75) is 18.8 Å². The van der Waals surface area contributed by atoms with Crippen LogP contribution in [0.25, 0.3) is 0 Å². The van der Waals surface area contributed by atoms with Crippen LogP contribution in [0.1, 0.15) is 50.0 Å². The van der Waals surface area contributed by atoms with Gasteiger partial charge in [-0.25, -0.2) is 9.69 Å². The highest BCUT2D eigenvalue weighted by Crippen LogP contribution is 2.61. The first kappa shape index (κ1) is 25.0. The van der Waals surface area contributed by atoms with Crippen molar-refractivity contribution in [2.75, 3.05) is 16.8 Å². The average molecular weight is 543 g/mol. The summed E-state index contributed by atoms with van der Waals surface area (Å²) in [5, 5.41) is 2.69. The minimum absolute atomic E-state index is 0.149. The van der Waals surface area contributed by atoms with Gasteiger partial charge in [-0.3, -0.25) is 14.4 Å². The van der Waals surface area contributed by atoms with Crippen LogP contribution >= 0.6 is 0 Å². The number of nitrogens with one attached hydrogen (secondary N) is 1. The maximum absolute atomic E-state index is 14.0. The molecule has 4 aromatic rings. The Morgan fingerprint density at radius 3 is 1.80 bits per heavy atom. The maximum atomic E-state index is 14.0. The first-order chi connectivity index (χ1) is 19.9. The summed E-state index contributed by atoms with van der Waals surface area (Å²) in [4.78, 5) is 54.4. The van der Waals surface area contributed by atoms with Gasteiger partial charge in [0.05, 0.1) is 23.1 Å². The molecule has 7 nitrogen and oxygen atoms in total. The number of carbonyl (C=O) groups excluding carboxylic acids is 4. The summed E-state index contributed by atoms with van der Waals surface area (Å²) in [6.45, 7) is 1.48. The van der Waals surface area contributed by atoms with Crippen molar-refractivity contribution in [1.82, 2.24) is 0 Å². The number of hydrogen-bond acceptors (Lipinski definition) is 5. The molecule has 4 aromatic carbocycles. The van der Waals surface area contributed by atoms with Gasteiger partial charge in [0.15, 0.2) is 6.61 Å². The number of nitrogens with zero attached hydrogens (tertiary/aromatic N) is 1. The number of aryl methyl sites for hydroxylation is 1. The van der Waals surface area contributed by atoms with E-state index in [4.69, 9.17) is 4.74 Å². The summed E-state index contributed by atoms with van der Waals surface area (Å²) >= 11 is 0. The summed E-state index contributed by atoms with van der Waals surface area (Å²) < 4.78 is 5.24. The van der Waals surface area contributed by atoms with Gasteiger partial charge < -0.3 is 10.1 Å². The summed E-state index contributed by atoms with van der Waals surface area (Å²) in [5.41, 5.74) is 6.53. The van der Waals surface area contributed by atoms with Crippen molar-refractivity contribution < 1.29 is 23.9 Å². The minimum atomic E-state index is -0.720. The van der Waals surface area contributed by atoms with Gasteiger partial charge in [-0.05, 0) is 59.5 Å². The number of imide groups is 1. The molecule has 0 aromatic heterocycles. The molecule has 7 heteroatoms. The predicted molar refractivity (Wildman–Crippen MR) is 153 cm³/mol. The summed E-state index contributed by atoms with van der Waals surface area (Å²) in [7, 11) is 0. The standard InChI is InChI=1S/C34H26N2O5/c1-19-13-15-21(16-14-19)35-27(37)18-41-34(40)20-7-6-8-22(17-20)36-32(38)30-28-23-9-2-3-10-24(23)29(31(30)33(36)39)26-12-5-4-11-25(26)28/h2-17,28-31H,18H2,1H3,(H,35,37)/t28?,29?,30-,31-/m0/s1. The minimum Gasteiger partial charge on any atom is -0.452 e. The van der Waals surface area contributed by atoms with E-state index in [0.717, 1.165) is 27.8 Å². The van der Waals surface area contributed by atoms with Crippen LogP contribution in [0.4, 0.5) is 11.4 Å². The van der Waals surface area contributed by atoms with Crippen molar-refractivity contribution >= 4 is 35.1 Å². The molecule has 202 valence electrons. The van der Waals surface area contributed by atoms with Crippen molar-refractivity contribution in [3.05, 3.63) is 130 Å². The van der Waals surface area contributed by atoms with Crippen LogP contribution in [0.3, 0.4) is 0 Å². The molecule has 2 bridgehead atoms. The van der Waals surface area contributed by atoms with Gasteiger partial charge in [0.1, 0.15) is 0 Å². The topological polar surface area (TPSA) is 92.8 Å². The van der Waals surface area contributed by atoms with E-state index in [1.165, 1.54) is 17.0 Å². The highest BCUT2D eigenvalue weighted by atomic mass is 16.5. The smallest absolute Gasteiger partial charge is 0.338 e. The number of benzene rings is 4. The fourth-order valence-electron chi connectivity index (χ4n) is 6.75. The van der Waals surface area contributed by atoms with Gasteiger partial charge in [-0.2, -0.15) is 0 Å². The molecule has 4 aliphatic rings. The molecule has 1 fully saturated rings. The molecule has 0 spiro atoms. The predicted octanol–water partition coefficient (Wildman–Crippen LogP) is 5.19. The first-order valence-corrected chi connectivity index (χ1v) is 13.6. The molecule has 8 rings (SSSR count). The zero-order valence-corrected chi connectivity index (χ0v) is 22.2. The van der Waals surface area contributed by atoms with Crippen LogP contribution in [0.15, 0.2) is 97.1 Å². The molecule has 3 aliphatic carbocycles. The summed E-state index contributed by atoms with van der Waals surface area (Å²) in [6.07, 6.45) is 0. The van der Waals surface area contributed by atoms with E-state index >= 15 is 0 Å². The fourth-order valence-corrected chi connectivity index (χ4v) is 6.75. The average Bonchev–Trinajstić information content (AvgIpc) is 3.27. The molecule has 1 N–H and O–H groups in total. The first-order valence-electron chi connectivity index (χ1n) is 13.6. The molecule has 1 heterocycles. The number of anilines is 2. The number of amides is 3. The summed E-state index contributed by atoms with van der Waals surface area (Å²) in [5.74, 6) is -3.16. The van der Waals surface area contributed by atoms with Gasteiger partial charge >= 0.3 is 5.97 Å². The molecule has 2 atom stereocenters. The van der Waals surface area contributed by atoms with E-state index in [-0.39, 0.29) is 29.2 Å². The van der Waals surface area contributed by atoms with E-state index in [9.17, 15) is 19.2 Å². The second-order valence-electron chi connectivity index (χ2n) is 10.8. The van der Waals surface area contributed by atoms with Gasteiger partial charge in [0, 0.05) is 17.5 Å². The lowest BCUT2D eigenvalue weighted by Gasteiger charge is -2.45. The SMILES string of the molecule is Cc1ccc(NC(=O)COC(=O)c2cccc(N3C(=O)[C@H]4C5c6ccccc6C(c6ccccc65)[C@@H]4C3=O)c2)cc1. The quantitative estimate of drug-likeness (QED) is 0.277. The Balaban J connectivity index is 1.13. The Labute approximate surface area is 236 Å². The van der Waals surface area contributed by atoms with E-state index in [1.54, 1.807) is 24.3 Å². The second kappa shape index (κ2) is 9.55. The Hall–Kier alpha value is -5.04. The van der Waals surface area contributed by atoms with Crippen LogP contribution in [0.2, 0.25) is 0 Å². The summed E-state index contributed by atoms with van der Waals surface area (Å²) in [6, 6.07) is 29.7. The molecule has 41 heavy (non-hydrogen) atoms. The van der Waals surface area contributed by atoms with Crippen LogP contribution in [0, 0.1) is 18.8 Å². The highest BCUT2D eigenvalue weighted by molar-refractivity contribution is 6.23. The Kier molecular flexibility index (Phi) is 5.82. The lowest BCUT2D eigenvalue weighted by molar-refractivity contribution is -0.122. The number of carbonyl (C=O) groups is 4. The highest BCUT2D eigenvalue weighted by Gasteiger charge is 2.61. The van der Waals surface area contributed by atoms with Crippen LogP contribution in [0.5, 0.6) is 0 Å². The normalized spacial score (nSPS) is 21.6. The van der Waals surface area contributed by atoms with E-state index < -0.39 is 30.3 Å². The fraction of sp³-hybridized carbons (Fsp3) is 0.176. The second-order valence-corrected chi connectivity index (χ2v) is 10.8. The van der Waals surface area contributed by atoms with Crippen molar-refractivity contribution in [1.29, 1.82) is 0 Å². The van der Waals surface area contributed by atoms with E-state index in [0.29, 0.717) is 11.4 Å². The van der Waals surface area contributed by atoms with Gasteiger partial charge in [-0.1, -0.05) is 72.3 Å². The lowest BCUT2D eigenvalue weighted by atomic mass is 9.55. The number of rotatable bonds is 5. The molecular formula is C34H26N2O5. The largest absolute Gasteiger partial charge is 0.452 e. The van der Waals surface area contributed by atoms with Crippen LogP contribution < -0.4 is 10.2 Å². The van der Waals surface area contributed by atoms with Gasteiger partial charge in [-0.15, -0.1) is 0 Å². The molecule has 3 amide bonds. The van der Waals surface area contributed by atoms with E-state index in [1.807, 2.05) is 43.3 Å².